The molecule has 1 aromatic carbocycles. The fourth-order valence-electron chi connectivity index (χ4n) is 1.31. The first kappa shape index (κ1) is 14.3. The smallest absolute Gasteiger partial charge is 0.330 e. The van der Waals surface area contributed by atoms with Crippen molar-refractivity contribution in [2.75, 3.05) is 13.3 Å². The van der Waals surface area contributed by atoms with Crippen LogP contribution in [0.1, 0.15) is 10.4 Å². The van der Waals surface area contributed by atoms with E-state index in [-0.39, 0.29) is 11.3 Å². The SMILES string of the molecule is CN(CP(=O)(O)O)C(=O)c1cccc([N+](=O)[O-])c1. The molecule has 0 aliphatic heterocycles. The van der Waals surface area contributed by atoms with Gasteiger partial charge < -0.3 is 14.7 Å². The van der Waals surface area contributed by atoms with E-state index in [2.05, 4.69) is 0 Å². The number of non-ortho nitro benzene ring substituents is 1. The third-order valence-corrected chi connectivity index (χ3v) is 2.84. The molecule has 2 N–H and O–H groups in total. The second-order valence-electron chi connectivity index (χ2n) is 3.62. The van der Waals surface area contributed by atoms with Gasteiger partial charge in [-0.25, -0.2) is 0 Å². The topological polar surface area (TPSA) is 121 Å². The van der Waals surface area contributed by atoms with E-state index in [1.807, 2.05) is 0 Å². The molecule has 1 amide bonds. The van der Waals surface area contributed by atoms with Crippen molar-refractivity contribution < 1.29 is 24.1 Å². The van der Waals surface area contributed by atoms with Gasteiger partial charge in [0.2, 0.25) is 0 Å². The van der Waals surface area contributed by atoms with Gasteiger partial charge in [-0.3, -0.25) is 19.5 Å². The van der Waals surface area contributed by atoms with Gasteiger partial charge in [0.25, 0.3) is 11.6 Å². The van der Waals surface area contributed by atoms with Gasteiger partial charge in [0.1, 0.15) is 6.29 Å². The first-order valence-corrected chi connectivity index (χ1v) is 6.55. The van der Waals surface area contributed by atoms with Crippen molar-refractivity contribution in [3.05, 3.63) is 39.9 Å². The van der Waals surface area contributed by atoms with Crippen LogP contribution < -0.4 is 0 Å². The summed E-state index contributed by atoms with van der Waals surface area (Å²) in [5, 5.41) is 10.5. The van der Waals surface area contributed by atoms with Gasteiger partial charge >= 0.3 is 7.60 Å². The van der Waals surface area contributed by atoms with Gasteiger partial charge in [0, 0.05) is 24.7 Å². The van der Waals surface area contributed by atoms with Crippen LogP contribution in [0.3, 0.4) is 0 Å². The molecule has 0 fully saturated rings. The van der Waals surface area contributed by atoms with Crippen LogP contribution in [0.25, 0.3) is 0 Å². The minimum Gasteiger partial charge on any atom is -0.330 e. The predicted octanol–water partition coefficient (Wildman–Crippen LogP) is 0.802. The maximum absolute atomic E-state index is 11.8. The van der Waals surface area contributed by atoms with Gasteiger partial charge in [-0.1, -0.05) is 6.07 Å². The number of hydrogen-bond donors (Lipinski definition) is 2. The number of amides is 1. The molecular formula is C9H11N2O6P. The number of carbonyl (C=O) groups is 1. The molecule has 1 aromatic rings. The summed E-state index contributed by atoms with van der Waals surface area (Å²) in [6, 6.07) is 4.94. The van der Waals surface area contributed by atoms with Crippen LogP contribution in [0.5, 0.6) is 0 Å². The molecule has 0 spiro atoms. The van der Waals surface area contributed by atoms with Crippen LogP contribution in [-0.4, -0.2) is 38.9 Å². The van der Waals surface area contributed by atoms with E-state index in [0.717, 1.165) is 11.0 Å². The van der Waals surface area contributed by atoms with Crippen molar-refractivity contribution in [2.24, 2.45) is 0 Å². The molecule has 1 rings (SSSR count). The fraction of sp³-hybridized carbons (Fsp3) is 0.222. The minimum absolute atomic E-state index is 0.000139. The lowest BCUT2D eigenvalue weighted by atomic mass is 10.2. The summed E-state index contributed by atoms with van der Waals surface area (Å²) in [5.74, 6) is -0.693. The second-order valence-corrected chi connectivity index (χ2v) is 5.23. The highest BCUT2D eigenvalue weighted by Crippen LogP contribution is 2.35. The zero-order valence-electron chi connectivity index (χ0n) is 9.39. The Hall–Kier alpha value is -1.76. The van der Waals surface area contributed by atoms with E-state index in [9.17, 15) is 19.5 Å². The van der Waals surface area contributed by atoms with E-state index in [1.54, 1.807) is 0 Å². The van der Waals surface area contributed by atoms with Crippen LogP contribution in [0.2, 0.25) is 0 Å². The highest BCUT2D eigenvalue weighted by atomic mass is 31.2. The Labute approximate surface area is 102 Å². The number of hydrogen-bond acceptors (Lipinski definition) is 4. The molecule has 0 aliphatic rings. The third-order valence-electron chi connectivity index (χ3n) is 2.05. The Morgan fingerprint density at radius 3 is 2.61 bits per heavy atom. The van der Waals surface area contributed by atoms with Crippen LogP contribution >= 0.6 is 7.60 Å². The maximum Gasteiger partial charge on any atom is 0.344 e. The van der Waals surface area contributed by atoms with Gasteiger partial charge in [-0.05, 0) is 6.07 Å². The number of benzene rings is 1. The van der Waals surface area contributed by atoms with Gasteiger partial charge in [-0.2, -0.15) is 0 Å². The standard InChI is InChI=1S/C9H11N2O6P/c1-10(6-18(15,16)17)9(12)7-3-2-4-8(5-7)11(13)14/h2-5H,6H2,1H3,(H2,15,16,17). The minimum atomic E-state index is -4.36. The van der Waals surface area contributed by atoms with E-state index in [0.29, 0.717) is 0 Å². The number of carbonyl (C=O) groups excluding carboxylic acids is 1. The molecule has 0 unspecified atom stereocenters. The molecule has 0 saturated carbocycles. The van der Waals surface area contributed by atoms with Gasteiger partial charge in [0.05, 0.1) is 4.92 Å². The first-order valence-electron chi connectivity index (χ1n) is 4.75. The molecule has 0 aromatic heterocycles. The Morgan fingerprint density at radius 1 is 1.50 bits per heavy atom. The largest absolute Gasteiger partial charge is 0.344 e. The molecule has 0 aliphatic carbocycles. The van der Waals surface area contributed by atoms with Crippen LogP contribution in [0, 0.1) is 10.1 Å². The number of rotatable bonds is 4. The van der Waals surface area contributed by atoms with Crippen molar-refractivity contribution in [1.82, 2.24) is 4.90 Å². The second kappa shape index (κ2) is 5.26. The van der Waals surface area contributed by atoms with E-state index < -0.39 is 24.7 Å². The molecule has 0 saturated heterocycles. The van der Waals surface area contributed by atoms with Gasteiger partial charge in [0.15, 0.2) is 0 Å². The van der Waals surface area contributed by atoms with Gasteiger partial charge in [-0.15, -0.1) is 0 Å². The lowest BCUT2D eigenvalue weighted by molar-refractivity contribution is -0.384. The average Bonchev–Trinajstić information content (AvgIpc) is 2.26. The average molecular weight is 274 g/mol. The third kappa shape index (κ3) is 3.92. The summed E-state index contributed by atoms with van der Waals surface area (Å²) < 4.78 is 10.7. The zero-order valence-corrected chi connectivity index (χ0v) is 10.3. The van der Waals surface area contributed by atoms with Crippen molar-refractivity contribution >= 4 is 19.2 Å². The molecule has 0 heterocycles. The van der Waals surface area contributed by atoms with E-state index in [1.165, 1.54) is 25.2 Å². The Bertz CT molecular complexity index is 526. The van der Waals surface area contributed by atoms with Crippen molar-refractivity contribution in [2.45, 2.75) is 0 Å². The van der Waals surface area contributed by atoms with Crippen LogP contribution in [0.15, 0.2) is 24.3 Å². The highest BCUT2D eigenvalue weighted by molar-refractivity contribution is 7.51. The zero-order chi connectivity index (χ0) is 13.9. The summed E-state index contributed by atoms with van der Waals surface area (Å²) >= 11 is 0. The summed E-state index contributed by atoms with van der Waals surface area (Å²) in [4.78, 5) is 39.9. The normalized spacial score (nSPS) is 11.1. The van der Waals surface area contributed by atoms with Crippen molar-refractivity contribution in [1.29, 1.82) is 0 Å². The van der Waals surface area contributed by atoms with Crippen LogP contribution in [-0.2, 0) is 4.57 Å². The fourth-order valence-corrected chi connectivity index (χ4v) is 1.99. The Kier molecular flexibility index (Phi) is 4.18. The quantitative estimate of drug-likeness (QED) is 0.476. The maximum atomic E-state index is 11.8. The summed E-state index contributed by atoms with van der Waals surface area (Å²) in [6.07, 6.45) is -0.742. The number of nitro groups is 1. The van der Waals surface area contributed by atoms with Crippen LogP contribution in [0.4, 0.5) is 5.69 Å². The molecule has 9 heteroatoms. The van der Waals surface area contributed by atoms with E-state index in [4.69, 9.17) is 9.79 Å². The number of nitro benzene ring substituents is 1. The number of nitrogens with zero attached hydrogens (tertiary/aromatic N) is 2. The molecule has 0 atom stereocenters. The Morgan fingerprint density at radius 2 is 2.11 bits per heavy atom. The molecule has 8 nitrogen and oxygen atoms in total. The highest BCUT2D eigenvalue weighted by Gasteiger charge is 2.22. The Balaban J connectivity index is 2.93. The first-order chi connectivity index (χ1) is 8.20. The summed E-state index contributed by atoms with van der Waals surface area (Å²) in [7, 11) is -3.15. The summed E-state index contributed by atoms with van der Waals surface area (Å²) in [6.45, 7) is 0. The lowest BCUT2D eigenvalue weighted by Gasteiger charge is -2.17. The summed E-state index contributed by atoms with van der Waals surface area (Å²) in [5.41, 5.74) is -0.259. The lowest BCUT2D eigenvalue weighted by Crippen LogP contribution is -2.27. The molecule has 98 valence electrons. The van der Waals surface area contributed by atoms with Crippen molar-refractivity contribution in [3.63, 3.8) is 0 Å². The predicted molar refractivity (Wildman–Crippen MR) is 62.1 cm³/mol. The molecule has 0 radical (unpaired) electrons. The van der Waals surface area contributed by atoms with E-state index >= 15 is 0 Å². The van der Waals surface area contributed by atoms with Crippen molar-refractivity contribution in [3.8, 4) is 0 Å². The molecule has 18 heavy (non-hydrogen) atoms. The molecular weight excluding hydrogens is 263 g/mol. The monoisotopic (exact) mass is 274 g/mol. The molecule has 0 bridgehead atoms.